The molecule has 3 nitrogen and oxygen atoms in total. The van der Waals surface area contributed by atoms with Gasteiger partial charge in [-0.3, -0.25) is 0 Å². The zero-order valence-electron chi connectivity index (χ0n) is 10.8. The predicted octanol–water partition coefficient (Wildman–Crippen LogP) is 3.44. The van der Waals surface area contributed by atoms with Gasteiger partial charge >= 0.3 is 0 Å². The molecule has 2 aromatic rings. The van der Waals surface area contributed by atoms with E-state index in [1.165, 1.54) is 0 Å². The normalized spacial score (nSPS) is 12.0. The van der Waals surface area contributed by atoms with E-state index in [-0.39, 0.29) is 0 Å². The van der Waals surface area contributed by atoms with Crippen LogP contribution in [0.3, 0.4) is 0 Å². The van der Waals surface area contributed by atoms with Crippen molar-refractivity contribution < 1.29 is 14.6 Å². The number of hydrogen-bond donors (Lipinski definition) is 1. The number of aliphatic hydroxyl groups is 1. The number of ether oxygens (including phenoxy) is 2. The van der Waals surface area contributed by atoms with Crippen LogP contribution in [0.2, 0.25) is 5.02 Å². The number of halogens is 1. The van der Waals surface area contributed by atoms with Gasteiger partial charge < -0.3 is 14.6 Å². The summed E-state index contributed by atoms with van der Waals surface area (Å²) in [6, 6.07) is 12.4. The van der Waals surface area contributed by atoms with Crippen LogP contribution in [-0.4, -0.2) is 19.3 Å². The van der Waals surface area contributed by atoms with Crippen LogP contribution in [-0.2, 0) is 0 Å². The van der Waals surface area contributed by atoms with Crippen molar-refractivity contribution in [3.8, 4) is 11.5 Å². The van der Waals surface area contributed by atoms with Crippen molar-refractivity contribution >= 4 is 11.6 Å². The molecule has 0 aliphatic rings. The number of methoxy groups -OCH3 is 2. The van der Waals surface area contributed by atoms with E-state index in [1.54, 1.807) is 50.6 Å². The molecule has 0 amide bonds. The quantitative estimate of drug-likeness (QED) is 0.931. The van der Waals surface area contributed by atoms with Gasteiger partial charge in [-0.15, -0.1) is 0 Å². The van der Waals surface area contributed by atoms with Gasteiger partial charge in [-0.25, -0.2) is 0 Å². The molecule has 100 valence electrons. The van der Waals surface area contributed by atoms with Gasteiger partial charge in [0.25, 0.3) is 0 Å². The summed E-state index contributed by atoms with van der Waals surface area (Å²) in [4.78, 5) is 0. The molecule has 19 heavy (non-hydrogen) atoms. The van der Waals surface area contributed by atoms with E-state index in [0.717, 1.165) is 5.56 Å². The standard InChI is InChI=1S/C15H15ClO3/c1-18-12-6-7-13(14(9-12)19-2)15(17)10-4-3-5-11(16)8-10/h3-9,15,17H,1-2H3. The Bertz CT molecular complexity index is 569. The van der Waals surface area contributed by atoms with Crippen molar-refractivity contribution in [2.45, 2.75) is 6.10 Å². The van der Waals surface area contributed by atoms with Crippen LogP contribution in [0.5, 0.6) is 11.5 Å². The SMILES string of the molecule is COc1ccc(C(O)c2cccc(Cl)c2)c(OC)c1. The third kappa shape index (κ3) is 3.00. The summed E-state index contributed by atoms with van der Waals surface area (Å²) in [6.45, 7) is 0. The van der Waals surface area contributed by atoms with E-state index in [1.807, 2.05) is 6.07 Å². The molecule has 1 N–H and O–H groups in total. The van der Waals surface area contributed by atoms with Gasteiger partial charge in [-0.1, -0.05) is 23.7 Å². The van der Waals surface area contributed by atoms with Crippen LogP contribution in [0.4, 0.5) is 0 Å². The third-order valence-corrected chi connectivity index (χ3v) is 3.13. The van der Waals surface area contributed by atoms with Gasteiger partial charge in [0.05, 0.1) is 14.2 Å². The molecule has 0 heterocycles. The van der Waals surface area contributed by atoms with E-state index < -0.39 is 6.10 Å². The molecule has 2 aromatic carbocycles. The highest BCUT2D eigenvalue weighted by Gasteiger charge is 2.16. The molecule has 1 atom stereocenters. The summed E-state index contributed by atoms with van der Waals surface area (Å²) < 4.78 is 10.4. The Morgan fingerprint density at radius 2 is 1.84 bits per heavy atom. The Hall–Kier alpha value is -1.71. The van der Waals surface area contributed by atoms with Gasteiger partial charge in [0.1, 0.15) is 17.6 Å². The molecular weight excluding hydrogens is 264 g/mol. The maximum atomic E-state index is 10.4. The Morgan fingerprint density at radius 3 is 2.47 bits per heavy atom. The van der Waals surface area contributed by atoms with E-state index in [4.69, 9.17) is 21.1 Å². The first kappa shape index (κ1) is 13.7. The molecule has 0 saturated heterocycles. The first-order chi connectivity index (χ1) is 9.15. The van der Waals surface area contributed by atoms with Crippen LogP contribution in [0.1, 0.15) is 17.2 Å². The molecule has 4 heteroatoms. The van der Waals surface area contributed by atoms with Gasteiger partial charge in [-0.05, 0) is 29.8 Å². The van der Waals surface area contributed by atoms with Crippen molar-refractivity contribution in [3.05, 3.63) is 58.6 Å². The number of hydrogen-bond acceptors (Lipinski definition) is 3. The lowest BCUT2D eigenvalue weighted by molar-refractivity contribution is 0.214. The molecular formula is C15H15ClO3. The maximum Gasteiger partial charge on any atom is 0.128 e. The average molecular weight is 279 g/mol. The fraction of sp³-hybridized carbons (Fsp3) is 0.200. The zero-order chi connectivity index (χ0) is 13.8. The van der Waals surface area contributed by atoms with Crippen LogP contribution < -0.4 is 9.47 Å². The zero-order valence-corrected chi connectivity index (χ0v) is 11.5. The van der Waals surface area contributed by atoms with Gasteiger partial charge in [0, 0.05) is 16.7 Å². The molecule has 0 saturated carbocycles. The minimum atomic E-state index is -0.792. The summed E-state index contributed by atoms with van der Waals surface area (Å²) in [5.41, 5.74) is 1.39. The molecule has 0 aliphatic carbocycles. The van der Waals surface area contributed by atoms with Crippen molar-refractivity contribution in [1.82, 2.24) is 0 Å². The van der Waals surface area contributed by atoms with Gasteiger partial charge in [0.15, 0.2) is 0 Å². The van der Waals surface area contributed by atoms with Crippen molar-refractivity contribution in [2.24, 2.45) is 0 Å². The van der Waals surface area contributed by atoms with Crippen molar-refractivity contribution in [2.75, 3.05) is 14.2 Å². The highest BCUT2D eigenvalue weighted by Crippen LogP contribution is 2.33. The third-order valence-electron chi connectivity index (χ3n) is 2.90. The van der Waals surface area contributed by atoms with Crippen LogP contribution in [0.25, 0.3) is 0 Å². The molecule has 0 bridgehead atoms. The number of aliphatic hydroxyl groups excluding tert-OH is 1. The summed E-state index contributed by atoms with van der Waals surface area (Å²) in [6.07, 6.45) is -0.792. The molecule has 0 radical (unpaired) electrons. The summed E-state index contributed by atoms with van der Waals surface area (Å²) in [7, 11) is 3.14. The van der Waals surface area contributed by atoms with Crippen LogP contribution >= 0.6 is 11.6 Å². The fourth-order valence-electron chi connectivity index (χ4n) is 1.90. The first-order valence-corrected chi connectivity index (χ1v) is 6.19. The Kier molecular flexibility index (Phi) is 4.30. The second kappa shape index (κ2) is 5.95. The highest BCUT2D eigenvalue weighted by atomic mass is 35.5. The lowest BCUT2D eigenvalue weighted by Crippen LogP contribution is -2.02. The second-order valence-electron chi connectivity index (χ2n) is 4.07. The Morgan fingerprint density at radius 1 is 1.05 bits per heavy atom. The fourth-order valence-corrected chi connectivity index (χ4v) is 2.10. The highest BCUT2D eigenvalue weighted by molar-refractivity contribution is 6.30. The van der Waals surface area contributed by atoms with E-state index in [0.29, 0.717) is 22.1 Å². The minimum Gasteiger partial charge on any atom is -0.497 e. The Labute approximate surface area is 117 Å². The number of benzene rings is 2. The van der Waals surface area contributed by atoms with E-state index >= 15 is 0 Å². The summed E-state index contributed by atoms with van der Waals surface area (Å²) >= 11 is 5.94. The monoisotopic (exact) mass is 278 g/mol. The molecule has 0 aromatic heterocycles. The molecule has 1 unspecified atom stereocenters. The van der Waals surface area contributed by atoms with Crippen LogP contribution in [0.15, 0.2) is 42.5 Å². The molecule has 0 aliphatic heterocycles. The predicted molar refractivity (Wildman–Crippen MR) is 75.1 cm³/mol. The van der Waals surface area contributed by atoms with E-state index in [2.05, 4.69) is 0 Å². The summed E-state index contributed by atoms with van der Waals surface area (Å²) in [5.74, 6) is 1.26. The lowest BCUT2D eigenvalue weighted by atomic mass is 10.0. The topological polar surface area (TPSA) is 38.7 Å². The molecule has 0 fully saturated rings. The van der Waals surface area contributed by atoms with E-state index in [9.17, 15) is 5.11 Å². The van der Waals surface area contributed by atoms with Crippen molar-refractivity contribution in [1.29, 1.82) is 0 Å². The first-order valence-electron chi connectivity index (χ1n) is 5.81. The average Bonchev–Trinajstić information content (AvgIpc) is 2.45. The summed E-state index contributed by atoms with van der Waals surface area (Å²) in [5, 5.41) is 11.0. The smallest absolute Gasteiger partial charge is 0.128 e. The Balaban J connectivity index is 2.40. The lowest BCUT2D eigenvalue weighted by Gasteiger charge is -2.16. The maximum absolute atomic E-state index is 10.4. The van der Waals surface area contributed by atoms with Crippen LogP contribution in [0, 0.1) is 0 Å². The van der Waals surface area contributed by atoms with Crippen molar-refractivity contribution in [3.63, 3.8) is 0 Å². The number of rotatable bonds is 4. The molecule has 2 rings (SSSR count). The molecule has 0 spiro atoms. The second-order valence-corrected chi connectivity index (χ2v) is 4.50. The largest absolute Gasteiger partial charge is 0.497 e. The minimum absolute atomic E-state index is 0.576. The van der Waals surface area contributed by atoms with Gasteiger partial charge in [0.2, 0.25) is 0 Å². The van der Waals surface area contributed by atoms with Gasteiger partial charge in [-0.2, -0.15) is 0 Å².